The Bertz CT molecular complexity index is 602. The van der Waals surface area contributed by atoms with Crippen LogP contribution in [0.25, 0.3) is 10.9 Å². The van der Waals surface area contributed by atoms with Gasteiger partial charge in [0.25, 0.3) is 0 Å². The maximum Gasteiger partial charge on any atom is 0.119 e. The molecule has 0 bridgehead atoms. The topological polar surface area (TPSA) is 28.3 Å². The van der Waals surface area contributed by atoms with E-state index in [1.54, 1.807) is 7.11 Å². The van der Waals surface area contributed by atoms with Gasteiger partial charge in [-0.3, -0.25) is 4.90 Å². The van der Waals surface area contributed by atoms with Gasteiger partial charge < -0.3 is 9.72 Å². The maximum atomic E-state index is 5.35. The number of nitrogens with zero attached hydrogens (tertiary/aromatic N) is 1. The summed E-state index contributed by atoms with van der Waals surface area (Å²) in [5, 5.41) is 1.36. The number of methoxy groups -OCH3 is 1. The number of aromatic amines is 1. The van der Waals surface area contributed by atoms with Gasteiger partial charge in [0, 0.05) is 23.1 Å². The average molecular weight is 242 g/mol. The second-order valence-electron chi connectivity index (χ2n) is 5.37. The fourth-order valence-electron chi connectivity index (χ4n) is 3.60. The van der Waals surface area contributed by atoms with E-state index < -0.39 is 0 Å². The number of nitrogens with one attached hydrogen (secondary N) is 1. The molecule has 4 rings (SSSR count). The zero-order valence-electron chi connectivity index (χ0n) is 10.7. The van der Waals surface area contributed by atoms with E-state index in [1.165, 1.54) is 54.5 Å². The predicted octanol–water partition coefficient (Wildman–Crippen LogP) is 2.87. The number of hydrogen-bond donors (Lipinski definition) is 1. The first-order valence-corrected chi connectivity index (χ1v) is 6.79. The normalized spacial score (nSPS) is 23.1. The highest BCUT2D eigenvalue weighted by molar-refractivity contribution is 5.86. The van der Waals surface area contributed by atoms with Crippen LogP contribution >= 0.6 is 0 Å². The van der Waals surface area contributed by atoms with E-state index in [4.69, 9.17) is 4.74 Å². The van der Waals surface area contributed by atoms with Gasteiger partial charge in [-0.1, -0.05) is 0 Å². The average Bonchev–Trinajstić information content (AvgIpc) is 3.01. The summed E-state index contributed by atoms with van der Waals surface area (Å²) >= 11 is 0. The minimum absolute atomic E-state index is 0.632. The zero-order valence-corrected chi connectivity index (χ0v) is 10.7. The van der Waals surface area contributed by atoms with Gasteiger partial charge in [0.1, 0.15) is 5.75 Å². The first kappa shape index (κ1) is 10.4. The predicted molar refractivity (Wildman–Crippen MR) is 72.1 cm³/mol. The third-order valence-corrected chi connectivity index (χ3v) is 4.49. The van der Waals surface area contributed by atoms with Crippen LogP contribution in [0.5, 0.6) is 5.75 Å². The van der Waals surface area contributed by atoms with Crippen molar-refractivity contribution >= 4 is 10.9 Å². The Hall–Kier alpha value is -1.48. The van der Waals surface area contributed by atoms with Crippen LogP contribution in [0.3, 0.4) is 0 Å². The molecule has 94 valence electrons. The second-order valence-corrected chi connectivity index (χ2v) is 5.37. The molecule has 3 nitrogen and oxygen atoms in total. The van der Waals surface area contributed by atoms with Crippen molar-refractivity contribution in [1.82, 2.24) is 9.88 Å². The Morgan fingerprint density at radius 2 is 2.28 bits per heavy atom. The quantitative estimate of drug-likeness (QED) is 0.833. The summed E-state index contributed by atoms with van der Waals surface area (Å²) in [6.07, 6.45) is 3.80. The zero-order chi connectivity index (χ0) is 12.1. The summed E-state index contributed by atoms with van der Waals surface area (Å²) < 4.78 is 5.35. The first-order chi connectivity index (χ1) is 8.86. The Kier molecular flexibility index (Phi) is 2.18. The van der Waals surface area contributed by atoms with Crippen molar-refractivity contribution in [2.24, 2.45) is 0 Å². The maximum absolute atomic E-state index is 5.35. The van der Waals surface area contributed by atoms with Crippen LogP contribution in [-0.4, -0.2) is 30.1 Å². The van der Waals surface area contributed by atoms with E-state index in [1.807, 2.05) is 6.07 Å². The summed E-state index contributed by atoms with van der Waals surface area (Å²) in [4.78, 5) is 6.26. The van der Waals surface area contributed by atoms with Gasteiger partial charge >= 0.3 is 0 Å². The smallest absolute Gasteiger partial charge is 0.119 e. The third-order valence-electron chi connectivity index (χ3n) is 4.49. The monoisotopic (exact) mass is 242 g/mol. The highest BCUT2D eigenvalue weighted by Crippen LogP contribution is 2.40. The molecular formula is C15H18N2O. The molecule has 1 N–H and O–H groups in total. The lowest BCUT2D eigenvalue weighted by molar-refractivity contribution is 0.241. The molecule has 3 heterocycles. The van der Waals surface area contributed by atoms with Gasteiger partial charge in [-0.05, 0) is 49.6 Å². The number of rotatable bonds is 1. The van der Waals surface area contributed by atoms with Gasteiger partial charge in [0.05, 0.1) is 13.2 Å². The summed E-state index contributed by atoms with van der Waals surface area (Å²) in [5.74, 6) is 0.957. The van der Waals surface area contributed by atoms with Gasteiger partial charge in [-0.25, -0.2) is 0 Å². The molecule has 2 aliphatic heterocycles. The lowest BCUT2D eigenvalue weighted by Gasteiger charge is -2.29. The van der Waals surface area contributed by atoms with Crippen LogP contribution in [0, 0.1) is 0 Å². The van der Waals surface area contributed by atoms with Crippen molar-refractivity contribution in [2.75, 3.05) is 20.2 Å². The lowest BCUT2D eigenvalue weighted by Crippen LogP contribution is -2.30. The molecule has 0 radical (unpaired) electrons. The number of fused-ring (bicyclic) bond motifs is 5. The molecule has 1 atom stereocenters. The molecule has 18 heavy (non-hydrogen) atoms. The molecule has 2 aliphatic rings. The Labute approximate surface area is 107 Å². The van der Waals surface area contributed by atoms with E-state index in [0.29, 0.717) is 6.04 Å². The van der Waals surface area contributed by atoms with Crippen molar-refractivity contribution in [3.63, 3.8) is 0 Å². The molecule has 3 heteroatoms. The second kappa shape index (κ2) is 3.75. The van der Waals surface area contributed by atoms with Crippen molar-refractivity contribution in [3.05, 3.63) is 29.5 Å². The van der Waals surface area contributed by atoms with E-state index in [9.17, 15) is 0 Å². The summed E-state index contributed by atoms with van der Waals surface area (Å²) in [5.41, 5.74) is 4.24. The highest BCUT2D eigenvalue weighted by Gasteiger charge is 2.33. The molecule has 1 aromatic heterocycles. The van der Waals surface area contributed by atoms with E-state index in [0.717, 1.165) is 5.75 Å². The third kappa shape index (κ3) is 1.34. The van der Waals surface area contributed by atoms with Gasteiger partial charge in [0.2, 0.25) is 0 Å². The fraction of sp³-hybridized carbons (Fsp3) is 0.467. The summed E-state index contributed by atoms with van der Waals surface area (Å²) in [7, 11) is 1.74. The Balaban J connectivity index is 1.91. The largest absolute Gasteiger partial charge is 0.497 e. The van der Waals surface area contributed by atoms with Crippen LogP contribution in [0.1, 0.15) is 30.1 Å². The summed E-state index contributed by atoms with van der Waals surface area (Å²) in [6.45, 7) is 2.48. The van der Waals surface area contributed by atoms with Gasteiger partial charge in [0.15, 0.2) is 0 Å². The van der Waals surface area contributed by atoms with Crippen LogP contribution in [0.4, 0.5) is 0 Å². The van der Waals surface area contributed by atoms with Crippen molar-refractivity contribution in [1.29, 1.82) is 0 Å². The molecule has 0 unspecified atom stereocenters. The van der Waals surface area contributed by atoms with Crippen molar-refractivity contribution in [3.8, 4) is 5.75 Å². The number of benzene rings is 1. The number of aromatic nitrogens is 1. The first-order valence-electron chi connectivity index (χ1n) is 6.79. The van der Waals surface area contributed by atoms with Crippen LogP contribution < -0.4 is 4.74 Å². The SMILES string of the molecule is COc1ccc2[nH]c3c(c2c1)CCN1CCC[C@H]31. The highest BCUT2D eigenvalue weighted by atomic mass is 16.5. The molecular weight excluding hydrogens is 224 g/mol. The Morgan fingerprint density at radius 1 is 1.33 bits per heavy atom. The van der Waals surface area contributed by atoms with E-state index in [-0.39, 0.29) is 0 Å². The molecule has 1 fully saturated rings. The number of hydrogen-bond acceptors (Lipinski definition) is 2. The van der Waals surface area contributed by atoms with Crippen LogP contribution in [-0.2, 0) is 6.42 Å². The van der Waals surface area contributed by atoms with Gasteiger partial charge in [-0.2, -0.15) is 0 Å². The number of H-pyrrole nitrogens is 1. The Morgan fingerprint density at radius 3 is 3.17 bits per heavy atom. The minimum Gasteiger partial charge on any atom is -0.497 e. The van der Waals surface area contributed by atoms with Crippen molar-refractivity contribution < 1.29 is 4.74 Å². The number of ether oxygens (including phenoxy) is 1. The molecule has 0 saturated carbocycles. The molecule has 0 spiro atoms. The fourth-order valence-corrected chi connectivity index (χ4v) is 3.60. The van der Waals surface area contributed by atoms with Crippen LogP contribution in [0.2, 0.25) is 0 Å². The molecule has 0 amide bonds. The molecule has 0 aliphatic carbocycles. The lowest BCUT2D eigenvalue weighted by atomic mass is 9.98. The summed E-state index contributed by atoms with van der Waals surface area (Å²) in [6, 6.07) is 6.99. The van der Waals surface area contributed by atoms with Gasteiger partial charge in [-0.15, -0.1) is 0 Å². The standard InChI is InChI=1S/C15H18N2O/c1-18-10-4-5-13-12(9-10)11-6-8-17-7-2-3-14(17)15(11)16-13/h4-5,9,14,16H,2-3,6-8H2,1H3/t14-/m1/s1. The molecule has 1 aromatic carbocycles. The minimum atomic E-state index is 0.632. The molecule has 2 aromatic rings. The van der Waals surface area contributed by atoms with Crippen molar-refractivity contribution in [2.45, 2.75) is 25.3 Å². The van der Waals surface area contributed by atoms with E-state index >= 15 is 0 Å². The molecule has 1 saturated heterocycles. The van der Waals surface area contributed by atoms with E-state index in [2.05, 4.69) is 22.0 Å². The van der Waals surface area contributed by atoms with Crippen LogP contribution in [0.15, 0.2) is 18.2 Å².